The van der Waals surface area contributed by atoms with E-state index >= 15 is 0 Å². The second-order valence-corrected chi connectivity index (χ2v) is 14.4. The van der Waals surface area contributed by atoms with Crippen molar-refractivity contribution in [2.75, 3.05) is 11.9 Å². The third-order valence-electron chi connectivity index (χ3n) is 6.82. The maximum absolute atomic E-state index is 13.6. The zero-order valence-corrected chi connectivity index (χ0v) is 22.5. The molecule has 1 fully saturated rings. The third kappa shape index (κ3) is 4.15. The molecule has 0 radical (unpaired) electrons. The molecule has 0 spiro atoms. The highest BCUT2D eigenvalue weighted by molar-refractivity contribution is 7.91. The van der Waals surface area contributed by atoms with E-state index in [2.05, 4.69) is 18.3 Å². The fourth-order valence-corrected chi connectivity index (χ4v) is 10.4. The number of hydrogen-bond acceptors (Lipinski definition) is 7. The molecule has 182 valence electrons. The summed E-state index contributed by atoms with van der Waals surface area (Å²) in [5.41, 5.74) is 3.27. The van der Waals surface area contributed by atoms with E-state index in [0.717, 1.165) is 45.1 Å². The Labute approximate surface area is 216 Å². The Hall–Kier alpha value is -2.11. The summed E-state index contributed by atoms with van der Waals surface area (Å²) in [6.07, 6.45) is 4.28. The molecule has 10 heteroatoms. The second-order valence-electron chi connectivity index (χ2n) is 9.24. The molecule has 6 nitrogen and oxygen atoms in total. The maximum Gasteiger partial charge on any atom is 0.253 e. The van der Waals surface area contributed by atoms with Crippen LogP contribution < -0.4 is 5.32 Å². The molecular weight excluding hydrogens is 519 g/mol. The van der Waals surface area contributed by atoms with Crippen molar-refractivity contribution in [1.29, 1.82) is 0 Å². The summed E-state index contributed by atoms with van der Waals surface area (Å²) in [6.45, 7) is 2.63. The summed E-state index contributed by atoms with van der Waals surface area (Å²) in [7, 11) is -3.69. The molecule has 1 N–H and O–H groups in total. The number of carbonyl (C=O) groups excluding carboxylic acids is 1. The average Bonchev–Trinajstić information content (AvgIpc) is 3.63. The monoisotopic (exact) mass is 543 g/mol. The standard InChI is InChI=1S/C25H25N3O3S4/c1-15-10-11-16-20(14-15)34-25(22(16)24-26-17-6-2-3-8-19(17)33-24)27-23(29)18-7-4-12-28(18)35(30,31)21-9-5-13-32-21/h2-3,5-6,8-9,13,15,18H,4,7,10-12,14H2,1H3,(H,27,29). The minimum Gasteiger partial charge on any atom is -0.316 e. The van der Waals surface area contributed by atoms with Crippen molar-refractivity contribution < 1.29 is 13.2 Å². The summed E-state index contributed by atoms with van der Waals surface area (Å²) < 4.78 is 29.2. The zero-order valence-electron chi connectivity index (χ0n) is 19.2. The van der Waals surface area contributed by atoms with Gasteiger partial charge in [-0.1, -0.05) is 25.1 Å². The highest BCUT2D eigenvalue weighted by Crippen LogP contribution is 2.47. The Balaban J connectivity index is 1.36. The summed E-state index contributed by atoms with van der Waals surface area (Å²) in [4.78, 5) is 19.8. The van der Waals surface area contributed by atoms with Gasteiger partial charge >= 0.3 is 0 Å². The molecule has 1 saturated heterocycles. The van der Waals surface area contributed by atoms with Gasteiger partial charge in [0, 0.05) is 17.0 Å². The van der Waals surface area contributed by atoms with Crippen LogP contribution in [0.1, 0.15) is 36.6 Å². The average molecular weight is 544 g/mol. The predicted octanol–water partition coefficient (Wildman–Crippen LogP) is 6.00. The van der Waals surface area contributed by atoms with Gasteiger partial charge in [0.1, 0.15) is 20.3 Å². The van der Waals surface area contributed by atoms with Crippen LogP contribution in [0, 0.1) is 5.92 Å². The lowest BCUT2D eigenvalue weighted by Crippen LogP contribution is -2.42. The largest absolute Gasteiger partial charge is 0.316 e. The number of nitrogens with one attached hydrogen (secondary N) is 1. The van der Waals surface area contributed by atoms with Gasteiger partial charge in [0.2, 0.25) is 5.91 Å². The van der Waals surface area contributed by atoms with Crippen molar-refractivity contribution in [1.82, 2.24) is 9.29 Å². The molecule has 1 amide bonds. The number of nitrogens with zero attached hydrogens (tertiary/aromatic N) is 2. The van der Waals surface area contributed by atoms with Crippen molar-refractivity contribution in [2.45, 2.75) is 49.3 Å². The summed E-state index contributed by atoms with van der Waals surface area (Å²) in [6, 6.07) is 10.7. The molecule has 6 rings (SSSR count). The predicted molar refractivity (Wildman–Crippen MR) is 144 cm³/mol. The van der Waals surface area contributed by atoms with Crippen molar-refractivity contribution in [2.24, 2.45) is 5.92 Å². The van der Waals surface area contributed by atoms with Crippen LogP contribution in [0.4, 0.5) is 5.00 Å². The first-order valence-corrected chi connectivity index (χ1v) is 15.7. The molecule has 2 aliphatic rings. The lowest BCUT2D eigenvalue weighted by Gasteiger charge is -2.22. The molecule has 4 aromatic rings. The smallest absolute Gasteiger partial charge is 0.253 e. The van der Waals surface area contributed by atoms with Crippen LogP contribution in [-0.2, 0) is 27.7 Å². The SMILES string of the molecule is CC1CCc2c(sc(NC(=O)C3CCCN3S(=O)(=O)c3cccs3)c2-c2nc3ccccc3s2)C1. The number of fused-ring (bicyclic) bond motifs is 2. The van der Waals surface area contributed by atoms with E-state index in [1.54, 1.807) is 40.2 Å². The van der Waals surface area contributed by atoms with E-state index in [9.17, 15) is 13.2 Å². The highest BCUT2D eigenvalue weighted by Gasteiger charge is 2.40. The number of aromatic nitrogens is 1. The van der Waals surface area contributed by atoms with Crippen LogP contribution in [-0.4, -0.2) is 36.2 Å². The van der Waals surface area contributed by atoms with Gasteiger partial charge in [0.15, 0.2) is 0 Å². The van der Waals surface area contributed by atoms with Crippen molar-refractivity contribution in [3.63, 3.8) is 0 Å². The van der Waals surface area contributed by atoms with Crippen LogP contribution in [0.25, 0.3) is 20.8 Å². The Morgan fingerprint density at radius 3 is 2.80 bits per heavy atom. The Kier molecular flexibility index (Phi) is 6.04. The minimum absolute atomic E-state index is 0.253. The number of amides is 1. The number of anilines is 1. The Morgan fingerprint density at radius 2 is 2.00 bits per heavy atom. The van der Waals surface area contributed by atoms with Gasteiger partial charge in [-0.05, 0) is 67.2 Å². The molecule has 0 bridgehead atoms. The number of hydrogen-bond donors (Lipinski definition) is 1. The van der Waals surface area contributed by atoms with Gasteiger partial charge in [-0.2, -0.15) is 4.31 Å². The molecular formula is C25H25N3O3S4. The van der Waals surface area contributed by atoms with Gasteiger partial charge in [0.05, 0.1) is 10.2 Å². The van der Waals surface area contributed by atoms with Gasteiger partial charge in [-0.15, -0.1) is 34.0 Å². The second kappa shape index (κ2) is 9.08. The highest BCUT2D eigenvalue weighted by atomic mass is 32.2. The Bertz CT molecular complexity index is 1470. The topological polar surface area (TPSA) is 79.4 Å². The van der Waals surface area contributed by atoms with E-state index in [1.165, 1.54) is 26.1 Å². The number of thiophene rings is 2. The first-order valence-electron chi connectivity index (χ1n) is 11.8. The first-order chi connectivity index (χ1) is 16.9. The fraction of sp³-hybridized carbons (Fsp3) is 0.360. The summed E-state index contributed by atoms with van der Waals surface area (Å²) >= 11 is 4.47. The van der Waals surface area contributed by atoms with E-state index in [-0.39, 0.29) is 10.1 Å². The van der Waals surface area contributed by atoms with Crippen molar-refractivity contribution in [3.05, 3.63) is 52.2 Å². The van der Waals surface area contributed by atoms with Crippen molar-refractivity contribution in [3.8, 4) is 10.6 Å². The van der Waals surface area contributed by atoms with Gasteiger partial charge < -0.3 is 5.32 Å². The lowest BCUT2D eigenvalue weighted by molar-refractivity contribution is -0.119. The quantitative estimate of drug-likeness (QED) is 0.335. The molecule has 0 saturated carbocycles. The van der Waals surface area contributed by atoms with Crippen LogP contribution in [0.2, 0.25) is 0 Å². The molecule has 35 heavy (non-hydrogen) atoms. The number of benzene rings is 1. The van der Waals surface area contributed by atoms with E-state index in [0.29, 0.717) is 25.3 Å². The first kappa shape index (κ1) is 23.3. The van der Waals surface area contributed by atoms with Crippen LogP contribution in [0.15, 0.2) is 46.0 Å². The number of thiazole rings is 1. The van der Waals surface area contributed by atoms with Crippen LogP contribution >= 0.6 is 34.0 Å². The fourth-order valence-electron chi connectivity index (χ4n) is 5.06. The lowest BCUT2D eigenvalue weighted by atomic mass is 9.88. The van der Waals surface area contributed by atoms with Gasteiger partial charge in [-0.25, -0.2) is 13.4 Å². The zero-order chi connectivity index (χ0) is 24.2. The number of para-hydroxylation sites is 1. The molecule has 1 aromatic carbocycles. The van der Waals surface area contributed by atoms with E-state index in [1.807, 2.05) is 18.2 Å². The number of sulfonamides is 1. The summed E-state index contributed by atoms with van der Waals surface area (Å²) in [5.74, 6) is 0.353. The summed E-state index contributed by atoms with van der Waals surface area (Å²) in [5, 5.41) is 6.63. The Morgan fingerprint density at radius 1 is 1.14 bits per heavy atom. The van der Waals surface area contributed by atoms with E-state index in [4.69, 9.17) is 4.98 Å². The normalized spacial score (nSPS) is 20.8. The molecule has 3 aromatic heterocycles. The maximum atomic E-state index is 13.6. The molecule has 1 aliphatic carbocycles. The third-order valence-corrected chi connectivity index (χ3v) is 12.3. The molecule has 2 unspecified atom stereocenters. The van der Waals surface area contributed by atoms with Gasteiger partial charge in [-0.3, -0.25) is 4.79 Å². The molecule has 2 atom stereocenters. The van der Waals surface area contributed by atoms with Crippen LogP contribution in [0.5, 0.6) is 0 Å². The number of carbonyl (C=O) groups is 1. The van der Waals surface area contributed by atoms with Crippen molar-refractivity contribution >= 4 is 65.2 Å². The van der Waals surface area contributed by atoms with E-state index < -0.39 is 16.1 Å². The van der Waals surface area contributed by atoms with Gasteiger partial charge in [0.25, 0.3) is 10.0 Å². The number of rotatable bonds is 5. The minimum atomic E-state index is -3.69. The van der Waals surface area contributed by atoms with Crippen LogP contribution in [0.3, 0.4) is 0 Å². The molecule has 1 aliphatic heterocycles. The molecule has 4 heterocycles.